The molecule has 162 valence electrons. The van der Waals surface area contributed by atoms with Gasteiger partial charge in [0.15, 0.2) is 6.29 Å². The van der Waals surface area contributed by atoms with Crippen LogP contribution in [0, 0.1) is 11.8 Å². The summed E-state index contributed by atoms with van der Waals surface area (Å²) >= 11 is 2.86. The highest BCUT2D eigenvalue weighted by atomic mass is 32.1. The van der Waals surface area contributed by atoms with Crippen LogP contribution in [0.15, 0.2) is 59.3 Å². The maximum absolute atomic E-state index is 12.9. The van der Waals surface area contributed by atoms with Crippen LogP contribution in [0.5, 0.6) is 0 Å². The van der Waals surface area contributed by atoms with Crippen molar-refractivity contribution in [2.24, 2.45) is 11.8 Å². The number of hydrogen-bond acceptors (Lipinski definition) is 6. The molecule has 2 aliphatic rings. The van der Waals surface area contributed by atoms with Crippen LogP contribution in [-0.4, -0.2) is 23.3 Å². The average molecular weight is 455 g/mol. The monoisotopic (exact) mass is 454 g/mol. The van der Waals surface area contributed by atoms with Gasteiger partial charge in [0.25, 0.3) is 0 Å². The summed E-state index contributed by atoms with van der Waals surface area (Å²) in [5.74, 6) is 0.340. The summed E-state index contributed by atoms with van der Waals surface area (Å²) in [7, 11) is 0. The number of aliphatic hydroxyl groups is 1. The van der Waals surface area contributed by atoms with E-state index >= 15 is 0 Å². The van der Waals surface area contributed by atoms with Gasteiger partial charge in [0, 0.05) is 0 Å². The number of esters is 1. The van der Waals surface area contributed by atoms with Crippen LogP contribution in [0.25, 0.3) is 0 Å². The van der Waals surface area contributed by atoms with Crippen LogP contribution in [0.4, 0.5) is 0 Å². The number of carbonyl (C=O) groups is 1. The number of hydrogen-bond donors (Lipinski definition) is 1. The Morgan fingerprint density at radius 1 is 1.06 bits per heavy atom. The minimum atomic E-state index is -1.02. The van der Waals surface area contributed by atoms with E-state index in [0.717, 1.165) is 24.1 Å². The van der Waals surface area contributed by atoms with Crippen LogP contribution < -0.4 is 0 Å². The van der Waals surface area contributed by atoms with Crippen LogP contribution >= 0.6 is 22.7 Å². The molecule has 5 rings (SSSR count). The lowest BCUT2D eigenvalue weighted by Gasteiger charge is -2.31. The Morgan fingerprint density at radius 2 is 1.87 bits per heavy atom. The lowest BCUT2D eigenvalue weighted by atomic mass is 9.79. The molecule has 1 aromatic carbocycles. The standard InChI is InChI=1S/C25H26O4S2/c1-15-18-7-3-2-6-16(18)10-11-17-14-19(15)23(29-25(27)21-9-5-13-31-21)22(17)28-24(26)20-8-4-12-30-20/h2-9,12-13,15,17,19,22-23,25,27H,10-11,14H2,1H3/t15?,17-,19-,22+,23-,25?/m0/s1. The summed E-state index contributed by atoms with van der Waals surface area (Å²) in [6.45, 7) is 2.24. The fraction of sp³-hybridized carbons (Fsp3) is 0.400. The minimum absolute atomic E-state index is 0.169. The highest BCUT2D eigenvalue weighted by Crippen LogP contribution is 2.49. The topological polar surface area (TPSA) is 55.8 Å². The van der Waals surface area contributed by atoms with E-state index in [1.54, 1.807) is 6.07 Å². The van der Waals surface area contributed by atoms with Gasteiger partial charge in [-0.3, -0.25) is 0 Å². The maximum Gasteiger partial charge on any atom is 0.348 e. The number of ether oxygens (including phenoxy) is 2. The molecule has 1 fully saturated rings. The Morgan fingerprint density at radius 3 is 2.65 bits per heavy atom. The third-order valence-corrected chi connectivity index (χ3v) is 8.55. The molecule has 4 nitrogen and oxygen atoms in total. The molecule has 0 radical (unpaired) electrons. The molecule has 2 aliphatic carbocycles. The minimum Gasteiger partial charge on any atom is -0.455 e. The Labute approximate surface area is 190 Å². The third-order valence-electron chi connectivity index (χ3n) is 6.80. The second-order valence-electron chi connectivity index (χ2n) is 8.50. The SMILES string of the molecule is CC1c2ccccc2CC[C@H]2C[C@@H]1[C@H](OC(O)c1cccs1)[C@@H]2OC(=O)c1cccs1. The number of rotatable bonds is 5. The van der Waals surface area contributed by atoms with Crippen molar-refractivity contribution >= 4 is 28.6 Å². The summed E-state index contributed by atoms with van der Waals surface area (Å²) in [4.78, 5) is 14.2. The van der Waals surface area contributed by atoms with Crippen molar-refractivity contribution in [3.63, 3.8) is 0 Å². The first-order chi connectivity index (χ1) is 15.1. The summed E-state index contributed by atoms with van der Waals surface area (Å²) in [5, 5.41) is 14.6. The van der Waals surface area contributed by atoms with E-state index in [-0.39, 0.29) is 35.9 Å². The normalized spacial score (nSPS) is 28.4. The first-order valence-electron chi connectivity index (χ1n) is 10.8. The number of fused-ring (bicyclic) bond motifs is 3. The molecule has 31 heavy (non-hydrogen) atoms. The zero-order valence-electron chi connectivity index (χ0n) is 17.3. The highest BCUT2D eigenvalue weighted by molar-refractivity contribution is 7.12. The predicted octanol–water partition coefficient (Wildman–Crippen LogP) is 5.80. The molecule has 2 bridgehead atoms. The summed E-state index contributed by atoms with van der Waals surface area (Å²) in [5.41, 5.74) is 2.71. The molecule has 0 saturated heterocycles. The molecule has 2 unspecified atom stereocenters. The fourth-order valence-corrected chi connectivity index (χ4v) is 6.49. The molecule has 2 aromatic heterocycles. The smallest absolute Gasteiger partial charge is 0.348 e. The van der Waals surface area contributed by atoms with Gasteiger partial charge in [0.2, 0.25) is 0 Å². The predicted molar refractivity (Wildman–Crippen MR) is 122 cm³/mol. The first kappa shape index (κ1) is 20.9. The van der Waals surface area contributed by atoms with Gasteiger partial charge in [0.05, 0.1) is 4.88 Å². The van der Waals surface area contributed by atoms with Crippen molar-refractivity contribution in [1.29, 1.82) is 0 Å². The molecule has 0 aliphatic heterocycles. The van der Waals surface area contributed by atoms with E-state index in [9.17, 15) is 9.90 Å². The van der Waals surface area contributed by atoms with Crippen LogP contribution in [0.1, 0.15) is 57.6 Å². The van der Waals surface area contributed by atoms with E-state index in [2.05, 4.69) is 31.2 Å². The number of aliphatic hydroxyl groups excluding tert-OH is 1. The number of thiophene rings is 2. The van der Waals surface area contributed by atoms with Gasteiger partial charge < -0.3 is 14.6 Å². The molecule has 1 N–H and O–H groups in total. The van der Waals surface area contributed by atoms with Crippen molar-refractivity contribution in [1.82, 2.24) is 0 Å². The molecule has 0 amide bonds. The van der Waals surface area contributed by atoms with E-state index in [4.69, 9.17) is 9.47 Å². The van der Waals surface area contributed by atoms with Crippen molar-refractivity contribution in [2.45, 2.75) is 50.6 Å². The van der Waals surface area contributed by atoms with Crippen molar-refractivity contribution < 1.29 is 19.4 Å². The molecule has 0 spiro atoms. The van der Waals surface area contributed by atoms with E-state index in [1.165, 1.54) is 33.8 Å². The third kappa shape index (κ3) is 4.10. The van der Waals surface area contributed by atoms with E-state index in [0.29, 0.717) is 4.88 Å². The Bertz CT molecular complexity index is 1010. The van der Waals surface area contributed by atoms with E-state index < -0.39 is 6.29 Å². The number of carbonyl (C=O) groups excluding carboxylic acids is 1. The van der Waals surface area contributed by atoms with Crippen molar-refractivity contribution in [3.05, 3.63) is 80.2 Å². The van der Waals surface area contributed by atoms with Gasteiger partial charge in [-0.05, 0) is 71.0 Å². The van der Waals surface area contributed by atoms with Gasteiger partial charge in [-0.15, -0.1) is 22.7 Å². The van der Waals surface area contributed by atoms with Gasteiger partial charge >= 0.3 is 5.97 Å². The molecule has 6 atom stereocenters. The summed E-state index contributed by atoms with van der Waals surface area (Å²) < 4.78 is 12.4. The maximum atomic E-state index is 12.9. The molecule has 1 saturated carbocycles. The quantitative estimate of drug-likeness (QED) is 0.391. The van der Waals surface area contributed by atoms with Crippen LogP contribution in [0.2, 0.25) is 0 Å². The van der Waals surface area contributed by atoms with Crippen molar-refractivity contribution in [3.8, 4) is 0 Å². The van der Waals surface area contributed by atoms with Gasteiger partial charge in [-0.25, -0.2) is 4.79 Å². The van der Waals surface area contributed by atoms with Crippen LogP contribution in [0.3, 0.4) is 0 Å². The number of benzene rings is 1. The number of aryl methyl sites for hydroxylation is 1. The lowest BCUT2D eigenvalue weighted by molar-refractivity contribution is -0.176. The van der Waals surface area contributed by atoms with E-state index in [1.807, 2.05) is 29.0 Å². The largest absolute Gasteiger partial charge is 0.455 e. The average Bonchev–Trinajstić information content (AvgIpc) is 3.53. The lowest BCUT2D eigenvalue weighted by Crippen LogP contribution is -2.37. The second kappa shape index (κ2) is 8.87. The zero-order valence-corrected chi connectivity index (χ0v) is 19.0. The zero-order chi connectivity index (χ0) is 21.4. The Kier molecular flexibility index (Phi) is 5.97. The molecule has 3 aromatic rings. The molecule has 2 heterocycles. The Hall–Kier alpha value is -1.99. The van der Waals surface area contributed by atoms with Gasteiger partial charge in [-0.2, -0.15) is 0 Å². The van der Waals surface area contributed by atoms with Gasteiger partial charge in [0.1, 0.15) is 17.1 Å². The highest BCUT2D eigenvalue weighted by Gasteiger charge is 2.50. The van der Waals surface area contributed by atoms with Crippen LogP contribution in [-0.2, 0) is 15.9 Å². The fourth-order valence-electron chi connectivity index (χ4n) is 5.24. The molecular formula is C25H26O4S2. The Balaban J connectivity index is 1.47. The summed E-state index contributed by atoms with van der Waals surface area (Å²) in [6.07, 6.45) is 1.10. The molecule has 6 heteroatoms. The second-order valence-corrected chi connectivity index (χ2v) is 10.4. The van der Waals surface area contributed by atoms with Gasteiger partial charge in [-0.1, -0.05) is 43.3 Å². The summed E-state index contributed by atoms with van der Waals surface area (Å²) in [6, 6.07) is 16.0. The van der Waals surface area contributed by atoms with Crippen molar-refractivity contribution in [2.75, 3.05) is 0 Å². The molecular weight excluding hydrogens is 428 g/mol. The first-order valence-corrected chi connectivity index (χ1v) is 12.6.